The number of aryl methyl sites for hydroxylation is 1. The van der Waals surface area contributed by atoms with Gasteiger partial charge in [0.2, 0.25) is 0 Å². The van der Waals surface area contributed by atoms with E-state index in [1.807, 2.05) is 6.92 Å². The van der Waals surface area contributed by atoms with Crippen LogP contribution in [0.15, 0.2) is 20.7 Å². The van der Waals surface area contributed by atoms with E-state index in [1.165, 1.54) is 26.9 Å². The number of hydrogen-bond donors (Lipinski definition) is 1. The van der Waals surface area contributed by atoms with Gasteiger partial charge in [0, 0.05) is 18.0 Å². The van der Waals surface area contributed by atoms with Crippen LogP contribution in [-0.2, 0) is 17.8 Å². The Bertz CT molecular complexity index is 1160. The average molecular weight is 391 g/mol. The summed E-state index contributed by atoms with van der Waals surface area (Å²) in [4.78, 5) is 41.9. The number of nitrogens with one attached hydrogen (secondary N) is 1. The molecule has 1 N–H and O–H groups in total. The van der Waals surface area contributed by atoms with Crippen molar-refractivity contribution in [3.8, 4) is 0 Å². The molecular formula is C17H21N5O4S. The number of ether oxygens (including phenoxy) is 1. The first-order valence-corrected chi connectivity index (χ1v) is 9.71. The zero-order valence-corrected chi connectivity index (χ0v) is 16.0. The molecule has 0 amide bonds. The van der Waals surface area contributed by atoms with Gasteiger partial charge in [0.05, 0.1) is 25.1 Å². The Morgan fingerprint density at radius 1 is 1.33 bits per heavy atom. The van der Waals surface area contributed by atoms with Crippen molar-refractivity contribution in [3.05, 3.63) is 48.1 Å². The maximum absolute atomic E-state index is 13.1. The molecule has 1 fully saturated rings. The van der Waals surface area contributed by atoms with Crippen LogP contribution in [0.3, 0.4) is 0 Å². The van der Waals surface area contributed by atoms with Crippen LogP contribution in [-0.4, -0.2) is 37.6 Å². The molecule has 4 rings (SSSR count). The third-order valence-corrected chi connectivity index (χ3v) is 6.51. The van der Waals surface area contributed by atoms with Crippen molar-refractivity contribution in [2.24, 2.45) is 0 Å². The molecule has 0 aromatic carbocycles. The normalized spacial score (nSPS) is 14.7. The fourth-order valence-corrected chi connectivity index (χ4v) is 4.73. The van der Waals surface area contributed by atoms with Crippen molar-refractivity contribution >= 4 is 21.6 Å². The molecule has 1 aliphatic rings. The molecule has 27 heavy (non-hydrogen) atoms. The second-order valence-corrected chi connectivity index (χ2v) is 7.85. The molecule has 0 aliphatic heterocycles. The number of thiophene rings is 1. The van der Waals surface area contributed by atoms with Gasteiger partial charge < -0.3 is 4.74 Å². The predicted octanol–water partition coefficient (Wildman–Crippen LogP) is 0.838. The van der Waals surface area contributed by atoms with Crippen LogP contribution in [0.2, 0.25) is 0 Å². The maximum atomic E-state index is 13.1. The minimum atomic E-state index is -0.310. The number of rotatable bonds is 6. The van der Waals surface area contributed by atoms with Crippen LogP contribution < -0.4 is 16.9 Å². The molecule has 3 aromatic rings. The Hall–Kier alpha value is -2.46. The van der Waals surface area contributed by atoms with Crippen molar-refractivity contribution in [1.82, 2.24) is 23.9 Å². The van der Waals surface area contributed by atoms with E-state index in [2.05, 4.69) is 10.1 Å². The molecule has 0 atom stereocenters. The lowest BCUT2D eigenvalue weighted by atomic mass is 9.93. The molecule has 0 bridgehead atoms. The lowest BCUT2D eigenvalue weighted by Crippen LogP contribution is -2.44. The molecule has 1 aliphatic carbocycles. The second kappa shape index (κ2) is 6.93. The van der Waals surface area contributed by atoms with Gasteiger partial charge in [0.25, 0.3) is 5.56 Å². The quantitative estimate of drug-likeness (QED) is 0.670. The Morgan fingerprint density at radius 2 is 2.11 bits per heavy atom. The average Bonchev–Trinajstić information content (AvgIpc) is 3.14. The van der Waals surface area contributed by atoms with Crippen molar-refractivity contribution in [3.63, 3.8) is 0 Å². The molecular weight excluding hydrogens is 370 g/mol. The Kier molecular flexibility index (Phi) is 4.60. The standard InChI is InChI=1S/C17H21N5O4S/c1-10-12(8-21-16(24)18-9-19-21)27-15-13(10)14(23)22(11-4-3-5-11)17(25)20(15)6-7-26-2/h9,11H,3-8H2,1-2H3,(H,18,19,24). The largest absolute Gasteiger partial charge is 0.383 e. The fourth-order valence-electron chi connectivity index (χ4n) is 3.44. The first kappa shape index (κ1) is 17.9. The van der Waals surface area contributed by atoms with Gasteiger partial charge in [0.1, 0.15) is 11.2 Å². The molecule has 0 unspecified atom stereocenters. The molecule has 0 saturated heterocycles. The number of aromatic amines is 1. The number of methoxy groups -OCH3 is 1. The topological polar surface area (TPSA) is 104 Å². The third kappa shape index (κ3) is 2.88. The molecule has 0 spiro atoms. The van der Waals surface area contributed by atoms with E-state index in [-0.39, 0.29) is 29.5 Å². The zero-order chi connectivity index (χ0) is 19.1. The zero-order valence-electron chi connectivity index (χ0n) is 15.2. The first-order chi connectivity index (χ1) is 13.0. The van der Waals surface area contributed by atoms with Gasteiger partial charge in [-0.3, -0.25) is 18.9 Å². The summed E-state index contributed by atoms with van der Waals surface area (Å²) in [5.74, 6) is 0. The SMILES string of the molecule is COCCn1c(=O)n(C2CCC2)c(=O)c2c(C)c(Cn3nc[nH]c3=O)sc21. The summed E-state index contributed by atoms with van der Waals surface area (Å²) in [6.07, 6.45) is 4.07. The number of aromatic nitrogens is 5. The number of nitrogens with zero attached hydrogens (tertiary/aromatic N) is 4. The molecule has 9 nitrogen and oxygen atoms in total. The monoisotopic (exact) mass is 391 g/mol. The molecule has 144 valence electrons. The van der Waals surface area contributed by atoms with Gasteiger partial charge in [-0.25, -0.2) is 14.3 Å². The summed E-state index contributed by atoms with van der Waals surface area (Å²) < 4.78 is 9.50. The Labute approximate surface area is 157 Å². The van der Waals surface area contributed by atoms with E-state index < -0.39 is 0 Å². The van der Waals surface area contributed by atoms with Crippen molar-refractivity contribution < 1.29 is 4.74 Å². The summed E-state index contributed by atoms with van der Waals surface area (Å²) in [7, 11) is 1.58. The van der Waals surface area contributed by atoms with E-state index in [0.717, 1.165) is 29.7 Å². The molecule has 10 heteroatoms. The Balaban J connectivity index is 1.94. The maximum Gasteiger partial charge on any atom is 0.343 e. The summed E-state index contributed by atoms with van der Waals surface area (Å²) in [6.45, 7) is 2.88. The molecule has 1 saturated carbocycles. The van der Waals surface area contributed by atoms with Gasteiger partial charge in [-0.05, 0) is 31.7 Å². The van der Waals surface area contributed by atoms with E-state index in [9.17, 15) is 14.4 Å². The van der Waals surface area contributed by atoms with Gasteiger partial charge in [-0.1, -0.05) is 0 Å². The highest BCUT2D eigenvalue weighted by molar-refractivity contribution is 7.18. The number of H-pyrrole nitrogens is 1. The smallest absolute Gasteiger partial charge is 0.343 e. The highest BCUT2D eigenvalue weighted by atomic mass is 32.1. The molecule has 3 aromatic heterocycles. The van der Waals surface area contributed by atoms with E-state index in [4.69, 9.17) is 4.74 Å². The predicted molar refractivity (Wildman–Crippen MR) is 102 cm³/mol. The van der Waals surface area contributed by atoms with Crippen molar-refractivity contribution in [2.45, 2.75) is 45.3 Å². The van der Waals surface area contributed by atoms with Crippen molar-refractivity contribution in [1.29, 1.82) is 0 Å². The van der Waals surface area contributed by atoms with Crippen LogP contribution in [0.5, 0.6) is 0 Å². The van der Waals surface area contributed by atoms with Gasteiger partial charge in [-0.15, -0.1) is 11.3 Å². The molecule has 0 radical (unpaired) electrons. The molecule has 3 heterocycles. The van der Waals surface area contributed by atoms with Gasteiger partial charge in [-0.2, -0.15) is 5.10 Å². The van der Waals surface area contributed by atoms with Gasteiger partial charge >= 0.3 is 11.4 Å². The van der Waals surface area contributed by atoms with Crippen molar-refractivity contribution in [2.75, 3.05) is 13.7 Å². The van der Waals surface area contributed by atoms with Crippen LogP contribution in [0.25, 0.3) is 10.2 Å². The lowest BCUT2D eigenvalue weighted by Gasteiger charge is -2.27. The summed E-state index contributed by atoms with van der Waals surface area (Å²) in [5, 5.41) is 4.54. The van der Waals surface area contributed by atoms with E-state index >= 15 is 0 Å². The fraction of sp³-hybridized carbons (Fsp3) is 0.529. The number of hydrogen-bond acceptors (Lipinski definition) is 6. The highest BCUT2D eigenvalue weighted by Gasteiger charge is 2.27. The van der Waals surface area contributed by atoms with Crippen LogP contribution in [0.1, 0.15) is 35.7 Å². The summed E-state index contributed by atoms with van der Waals surface area (Å²) in [5.41, 5.74) is -0.0219. The summed E-state index contributed by atoms with van der Waals surface area (Å²) in [6, 6.07) is -0.0279. The van der Waals surface area contributed by atoms with Crippen LogP contribution >= 0.6 is 11.3 Å². The minimum Gasteiger partial charge on any atom is -0.383 e. The minimum absolute atomic E-state index is 0.0279. The van der Waals surface area contributed by atoms with E-state index in [0.29, 0.717) is 23.4 Å². The van der Waals surface area contributed by atoms with Crippen LogP contribution in [0.4, 0.5) is 0 Å². The first-order valence-electron chi connectivity index (χ1n) is 8.89. The van der Waals surface area contributed by atoms with Crippen LogP contribution in [0, 0.1) is 6.92 Å². The van der Waals surface area contributed by atoms with E-state index in [1.54, 1.807) is 11.7 Å². The second-order valence-electron chi connectivity index (χ2n) is 6.77. The highest BCUT2D eigenvalue weighted by Crippen LogP contribution is 2.32. The number of fused-ring (bicyclic) bond motifs is 1. The summed E-state index contributed by atoms with van der Waals surface area (Å²) >= 11 is 1.36. The Morgan fingerprint density at radius 3 is 2.70 bits per heavy atom. The van der Waals surface area contributed by atoms with Gasteiger partial charge in [0.15, 0.2) is 0 Å². The lowest BCUT2D eigenvalue weighted by molar-refractivity contribution is 0.185. The third-order valence-electron chi connectivity index (χ3n) is 5.21.